The van der Waals surface area contributed by atoms with E-state index in [0.717, 1.165) is 11.8 Å². The Morgan fingerprint density at radius 3 is 1.60 bits per heavy atom. The van der Waals surface area contributed by atoms with Gasteiger partial charge in [0.15, 0.2) is 0 Å². The summed E-state index contributed by atoms with van der Waals surface area (Å²) in [5, 5.41) is 1.04. The molecule has 0 aromatic rings. The molecule has 0 aromatic carbocycles. The van der Waals surface area contributed by atoms with Gasteiger partial charge in [-0.2, -0.15) is 0 Å². The molecule has 10 heavy (non-hydrogen) atoms. The van der Waals surface area contributed by atoms with Crippen LogP contribution in [0.1, 0.15) is 27.2 Å². The summed E-state index contributed by atoms with van der Waals surface area (Å²) in [5.41, 5.74) is 0. The lowest BCUT2D eigenvalue weighted by molar-refractivity contribution is 1.27. The van der Waals surface area contributed by atoms with Crippen LogP contribution in [0.4, 0.5) is 0 Å². The van der Waals surface area contributed by atoms with Crippen molar-refractivity contribution in [2.24, 2.45) is 0 Å². The monoisotopic (exact) mass is 206 g/mol. The van der Waals surface area contributed by atoms with Crippen LogP contribution in [-0.2, 0) is 0 Å². The molecule has 0 aliphatic rings. The summed E-state index contributed by atoms with van der Waals surface area (Å²) < 4.78 is 0. The fraction of sp³-hybridized carbons (Fsp3) is 0.556. The lowest BCUT2D eigenvalue weighted by atomic mass is 10.5. The van der Waals surface area contributed by atoms with Gasteiger partial charge < -0.3 is 0 Å². The summed E-state index contributed by atoms with van der Waals surface area (Å²) in [6, 6.07) is 0. The van der Waals surface area contributed by atoms with Crippen molar-refractivity contribution in [2.45, 2.75) is 27.2 Å². The van der Waals surface area contributed by atoms with E-state index in [0.29, 0.717) is 0 Å². The minimum Gasteiger partial charge on any atom is -0.103 e. The van der Waals surface area contributed by atoms with E-state index >= 15 is 0 Å². The first kappa shape index (κ1) is 16.5. The van der Waals surface area contributed by atoms with Crippen molar-refractivity contribution in [1.82, 2.24) is 0 Å². The maximum absolute atomic E-state index is 3.52. The third-order valence-electron chi connectivity index (χ3n) is 0.313. The molecule has 0 saturated heterocycles. The Hall–Kier alpha value is -0.0400. The van der Waals surface area contributed by atoms with Crippen LogP contribution in [-0.4, -0.2) is 5.33 Å². The average Bonchev–Trinajstić information content (AvgIpc) is 1.96. The van der Waals surface area contributed by atoms with Crippen molar-refractivity contribution in [3.05, 3.63) is 25.3 Å². The minimum atomic E-state index is 1.04. The normalized spacial score (nSPS) is 5.60. The molecule has 0 radical (unpaired) electrons. The van der Waals surface area contributed by atoms with Crippen molar-refractivity contribution >= 4 is 15.9 Å². The Morgan fingerprint density at radius 1 is 1.30 bits per heavy atom. The molecule has 62 valence electrons. The van der Waals surface area contributed by atoms with E-state index in [4.69, 9.17) is 0 Å². The van der Waals surface area contributed by atoms with Crippen LogP contribution in [0.3, 0.4) is 0 Å². The quantitative estimate of drug-likeness (QED) is 0.470. The van der Waals surface area contributed by atoms with E-state index in [1.54, 1.807) is 6.08 Å². The zero-order valence-corrected chi connectivity index (χ0v) is 8.95. The number of allylic oxidation sites excluding steroid dienone is 2. The Balaban J connectivity index is -0.0000000847. The summed E-state index contributed by atoms with van der Waals surface area (Å²) in [4.78, 5) is 0. The highest BCUT2D eigenvalue weighted by Gasteiger charge is 1.63. The van der Waals surface area contributed by atoms with Gasteiger partial charge in [0.2, 0.25) is 0 Å². The second kappa shape index (κ2) is 36.2. The number of alkyl halides is 1. The van der Waals surface area contributed by atoms with Crippen molar-refractivity contribution in [1.29, 1.82) is 0 Å². The van der Waals surface area contributed by atoms with Gasteiger partial charge >= 0.3 is 0 Å². The Labute approximate surface area is 74.2 Å². The largest absolute Gasteiger partial charge is 0.103 e. The molecule has 0 rings (SSSR count). The molecule has 0 saturated carbocycles. The van der Waals surface area contributed by atoms with Gasteiger partial charge in [0.1, 0.15) is 0 Å². The van der Waals surface area contributed by atoms with Gasteiger partial charge in [-0.15, -0.1) is 13.2 Å². The maximum Gasteiger partial charge on any atom is 0.00658 e. The second-order valence-electron chi connectivity index (χ2n) is 1.17. The number of halogens is 1. The Morgan fingerprint density at radius 2 is 1.60 bits per heavy atom. The van der Waals surface area contributed by atoms with Gasteiger partial charge in [0.25, 0.3) is 0 Å². The van der Waals surface area contributed by atoms with E-state index in [1.807, 2.05) is 26.8 Å². The third-order valence-corrected chi connectivity index (χ3v) is 0.771. The summed E-state index contributed by atoms with van der Waals surface area (Å²) >= 11 is 3.24. The first-order valence-electron chi connectivity index (χ1n) is 3.57. The topological polar surface area (TPSA) is 0 Å². The van der Waals surface area contributed by atoms with Crippen molar-refractivity contribution < 1.29 is 0 Å². The predicted octanol–water partition coefficient (Wildman–Crippen LogP) is 4.18. The molecule has 0 bridgehead atoms. The lowest BCUT2D eigenvalue weighted by Crippen LogP contribution is -1.58. The highest BCUT2D eigenvalue weighted by molar-refractivity contribution is 9.09. The van der Waals surface area contributed by atoms with Gasteiger partial charge in [-0.1, -0.05) is 41.9 Å². The molecule has 0 nitrogen and oxygen atoms in total. The van der Waals surface area contributed by atoms with Crippen LogP contribution in [0.5, 0.6) is 0 Å². The minimum absolute atomic E-state index is 1.04. The predicted molar refractivity (Wildman–Crippen MR) is 55.8 cm³/mol. The van der Waals surface area contributed by atoms with E-state index in [1.165, 1.54) is 0 Å². The SMILES string of the molecule is C=CC.C=CCCBr.CC. The molecule has 0 aliphatic heterocycles. The van der Waals surface area contributed by atoms with Gasteiger partial charge in [-0.25, -0.2) is 0 Å². The summed E-state index contributed by atoms with van der Waals surface area (Å²) in [7, 11) is 0. The van der Waals surface area contributed by atoms with Crippen molar-refractivity contribution in [3.8, 4) is 0 Å². The molecule has 0 fully saturated rings. The first-order chi connectivity index (χ1) is 4.83. The van der Waals surface area contributed by atoms with Gasteiger partial charge in [-0.05, 0) is 13.3 Å². The first-order valence-corrected chi connectivity index (χ1v) is 4.69. The van der Waals surface area contributed by atoms with E-state index < -0.39 is 0 Å². The summed E-state index contributed by atoms with van der Waals surface area (Å²) in [6.07, 6.45) is 4.70. The van der Waals surface area contributed by atoms with E-state index in [-0.39, 0.29) is 0 Å². The third kappa shape index (κ3) is 100. The molecule has 0 N–H and O–H groups in total. The fourth-order valence-corrected chi connectivity index (χ4v) is 0.401. The Bertz CT molecular complexity index is 48.7. The molecule has 0 unspecified atom stereocenters. The average molecular weight is 207 g/mol. The highest BCUT2D eigenvalue weighted by Crippen LogP contribution is 1.84. The van der Waals surface area contributed by atoms with Crippen LogP contribution in [0.25, 0.3) is 0 Å². The molecule has 0 amide bonds. The zero-order chi connectivity index (χ0) is 8.83. The lowest BCUT2D eigenvalue weighted by Gasteiger charge is -1.71. The maximum atomic E-state index is 3.52. The molecule has 0 heterocycles. The Kier molecular flexibility index (Phi) is 59.8. The summed E-state index contributed by atoms with van der Waals surface area (Å²) in [6.45, 7) is 12.8. The van der Waals surface area contributed by atoms with Gasteiger partial charge in [0, 0.05) is 5.33 Å². The van der Waals surface area contributed by atoms with Crippen LogP contribution < -0.4 is 0 Å². The van der Waals surface area contributed by atoms with Gasteiger partial charge in [0.05, 0.1) is 0 Å². The number of hydrogen-bond donors (Lipinski definition) is 0. The van der Waals surface area contributed by atoms with Crippen LogP contribution >= 0.6 is 15.9 Å². The van der Waals surface area contributed by atoms with E-state index in [2.05, 4.69) is 29.1 Å². The standard InChI is InChI=1S/C4H7Br.C3H6.C2H6/c1-2-3-4-5;1-3-2;1-2/h2H,1,3-4H2;3H,1H2,2H3;1-2H3. The zero-order valence-electron chi connectivity index (χ0n) is 7.36. The van der Waals surface area contributed by atoms with Crippen LogP contribution in [0.15, 0.2) is 25.3 Å². The smallest absolute Gasteiger partial charge is 0.00658 e. The molecular formula is C9H19Br. The highest BCUT2D eigenvalue weighted by atomic mass is 79.9. The molecule has 0 aromatic heterocycles. The van der Waals surface area contributed by atoms with Crippen molar-refractivity contribution in [3.63, 3.8) is 0 Å². The van der Waals surface area contributed by atoms with Crippen LogP contribution in [0.2, 0.25) is 0 Å². The second-order valence-corrected chi connectivity index (χ2v) is 1.97. The van der Waals surface area contributed by atoms with E-state index in [9.17, 15) is 0 Å². The summed E-state index contributed by atoms with van der Waals surface area (Å²) in [5.74, 6) is 0. The number of rotatable bonds is 2. The number of hydrogen-bond acceptors (Lipinski definition) is 0. The molecular weight excluding hydrogens is 188 g/mol. The molecule has 0 atom stereocenters. The molecule has 1 heteroatoms. The van der Waals surface area contributed by atoms with Gasteiger partial charge in [-0.3, -0.25) is 0 Å². The van der Waals surface area contributed by atoms with Crippen LogP contribution in [0, 0.1) is 0 Å². The fourth-order valence-electron chi connectivity index (χ4n) is 0.0772. The molecule has 0 aliphatic carbocycles. The molecule has 0 spiro atoms. The van der Waals surface area contributed by atoms with Crippen molar-refractivity contribution in [2.75, 3.05) is 5.33 Å².